The molecule has 2 heterocycles. The maximum absolute atomic E-state index is 14.4. The van der Waals surface area contributed by atoms with Gasteiger partial charge in [-0.05, 0) is 71.7 Å². The van der Waals surface area contributed by atoms with Crippen LogP contribution in [-0.4, -0.2) is 109 Å². The van der Waals surface area contributed by atoms with Gasteiger partial charge in [-0.15, -0.1) is 0 Å². The summed E-state index contributed by atoms with van der Waals surface area (Å²) in [7, 11) is -3.14. The van der Waals surface area contributed by atoms with Gasteiger partial charge in [-0.2, -0.15) is 0 Å². The van der Waals surface area contributed by atoms with E-state index in [1.165, 1.54) is 11.8 Å². The molecule has 3 aromatic carbocycles. The maximum atomic E-state index is 14.4. The quantitative estimate of drug-likeness (QED) is 0.0618. The number of ether oxygens (including phenoxy) is 7. The number of nitrogens with zero attached hydrogens (tertiary/aromatic N) is 1. The van der Waals surface area contributed by atoms with Crippen LogP contribution in [0.4, 0.5) is 10.5 Å². The van der Waals surface area contributed by atoms with Crippen molar-refractivity contribution in [3.63, 3.8) is 0 Å². The van der Waals surface area contributed by atoms with Crippen molar-refractivity contribution in [2.24, 2.45) is 0 Å². The molecule has 346 valence electrons. The lowest BCUT2D eigenvalue weighted by molar-refractivity contribution is -0.334. The third-order valence-corrected chi connectivity index (χ3v) is 21.8. The van der Waals surface area contributed by atoms with Crippen LogP contribution in [0.15, 0.2) is 84.9 Å². The van der Waals surface area contributed by atoms with E-state index in [-0.39, 0.29) is 32.0 Å². The first kappa shape index (κ1) is 50.0. The summed E-state index contributed by atoms with van der Waals surface area (Å²) >= 11 is 0. The molecule has 3 aromatic rings. The smallest absolute Gasteiger partial charge is 0.414 e. The van der Waals surface area contributed by atoms with E-state index in [2.05, 4.69) is 41.5 Å². The van der Waals surface area contributed by atoms with Crippen molar-refractivity contribution in [2.75, 3.05) is 25.2 Å². The largest absolute Gasteiger partial charge is 0.454 e. The van der Waals surface area contributed by atoms with E-state index in [1.807, 2.05) is 60.7 Å². The molecule has 63 heavy (non-hydrogen) atoms. The molecule has 0 unspecified atom stereocenters. The molecule has 8 atom stereocenters. The van der Waals surface area contributed by atoms with Crippen molar-refractivity contribution in [3.8, 4) is 0 Å². The standard InChI is InChI=1S/C47H67NO13Si2/c1-9-62(10-2,11-3)60-39-32-55-46(59-40-38(50)31-54-45(42(40)57-33(7)49)53-29-34-21-17-15-18-22-34)43(41(39)61-63(12-4,13-5)14-6)58-44(51)36-25-27-37(28-26-36)48(8)47(52)56-30-35-23-19-16-20-24-35/h15-28,38-43,45-46,50H,9-14,29-32H2,1-8H3/t38-,39+,40-,41-,42+,43+,45-,46-/m0/s1. The zero-order valence-electron chi connectivity index (χ0n) is 38.1. The van der Waals surface area contributed by atoms with Crippen molar-refractivity contribution >= 4 is 40.4 Å². The van der Waals surface area contributed by atoms with Crippen molar-refractivity contribution < 1.29 is 61.5 Å². The lowest BCUT2D eigenvalue weighted by Crippen LogP contribution is -2.65. The fourth-order valence-electron chi connectivity index (χ4n) is 8.06. The van der Waals surface area contributed by atoms with Crippen LogP contribution in [-0.2, 0) is 60.0 Å². The Balaban J connectivity index is 1.47. The predicted molar refractivity (Wildman–Crippen MR) is 242 cm³/mol. The highest BCUT2D eigenvalue weighted by molar-refractivity contribution is 6.74. The molecule has 2 aliphatic heterocycles. The van der Waals surface area contributed by atoms with E-state index in [1.54, 1.807) is 31.3 Å². The van der Waals surface area contributed by atoms with Crippen molar-refractivity contribution in [3.05, 3.63) is 102 Å². The van der Waals surface area contributed by atoms with Gasteiger partial charge in [0.2, 0.25) is 0 Å². The minimum Gasteiger partial charge on any atom is -0.454 e. The topological polar surface area (TPSA) is 158 Å². The second-order valence-electron chi connectivity index (χ2n) is 16.2. The lowest BCUT2D eigenvalue weighted by Gasteiger charge is -2.49. The summed E-state index contributed by atoms with van der Waals surface area (Å²) in [5.74, 6) is -1.33. The van der Waals surface area contributed by atoms with Gasteiger partial charge in [-0.25, -0.2) is 9.59 Å². The zero-order valence-corrected chi connectivity index (χ0v) is 40.1. The van der Waals surface area contributed by atoms with Crippen LogP contribution in [0, 0.1) is 0 Å². The molecule has 0 bridgehead atoms. The van der Waals surface area contributed by atoms with Crippen molar-refractivity contribution in [1.82, 2.24) is 0 Å². The first-order valence-corrected chi connectivity index (χ1v) is 27.4. The summed E-state index contributed by atoms with van der Waals surface area (Å²) in [6, 6.07) is 30.3. The highest BCUT2D eigenvalue weighted by atomic mass is 28.4. The number of hydrogen-bond donors (Lipinski definition) is 1. The first-order valence-electron chi connectivity index (χ1n) is 22.3. The summed E-state index contributed by atoms with van der Waals surface area (Å²) < 4.78 is 57.4. The van der Waals surface area contributed by atoms with Crippen LogP contribution >= 0.6 is 0 Å². The van der Waals surface area contributed by atoms with Crippen molar-refractivity contribution in [1.29, 1.82) is 0 Å². The molecular weight excluding hydrogens is 843 g/mol. The van der Waals surface area contributed by atoms with Gasteiger partial charge in [0, 0.05) is 19.7 Å². The van der Waals surface area contributed by atoms with Gasteiger partial charge in [0.05, 0.1) is 31.5 Å². The number of benzene rings is 3. The van der Waals surface area contributed by atoms with Crippen LogP contribution in [0.5, 0.6) is 0 Å². The van der Waals surface area contributed by atoms with Crippen molar-refractivity contribution in [2.45, 2.75) is 147 Å². The fraction of sp³-hybridized carbons (Fsp3) is 0.553. The Morgan fingerprint density at radius 1 is 0.651 bits per heavy atom. The number of aliphatic hydroxyl groups excluding tert-OH is 1. The van der Waals surface area contributed by atoms with E-state index in [0.717, 1.165) is 47.4 Å². The Labute approximate surface area is 374 Å². The Hall–Kier alpha value is -3.98. The van der Waals surface area contributed by atoms with Gasteiger partial charge < -0.3 is 47.1 Å². The number of carbonyl (C=O) groups excluding carboxylic acids is 3. The zero-order chi connectivity index (χ0) is 45.6. The molecule has 1 N–H and O–H groups in total. The number of rotatable bonds is 21. The van der Waals surface area contributed by atoms with E-state index in [9.17, 15) is 19.5 Å². The number of hydrogen-bond acceptors (Lipinski definition) is 13. The molecule has 2 fully saturated rings. The number of anilines is 1. The average molecular weight is 910 g/mol. The minimum atomic E-state index is -2.44. The molecule has 14 nitrogen and oxygen atoms in total. The second kappa shape index (κ2) is 23.8. The second-order valence-corrected chi connectivity index (χ2v) is 25.6. The Morgan fingerprint density at radius 2 is 1.17 bits per heavy atom. The number of aliphatic hydroxyl groups is 1. The van der Waals surface area contributed by atoms with Gasteiger partial charge in [-0.1, -0.05) is 102 Å². The summed E-state index contributed by atoms with van der Waals surface area (Å²) in [5, 5.41) is 11.5. The first-order chi connectivity index (χ1) is 30.3. The van der Waals surface area contributed by atoms with Gasteiger partial charge in [0.15, 0.2) is 41.4 Å². The van der Waals surface area contributed by atoms with Crippen LogP contribution in [0.2, 0.25) is 36.3 Å². The molecule has 0 spiro atoms. The Morgan fingerprint density at radius 3 is 1.73 bits per heavy atom. The van der Waals surface area contributed by atoms with Crippen LogP contribution in [0.3, 0.4) is 0 Å². The van der Waals surface area contributed by atoms with Gasteiger partial charge in [0.1, 0.15) is 24.9 Å². The van der Waals surface area contributed by atoms with Gasteiger partial charge >= 0.3 is 18.0 Å². The molecule has 0 radical (unpaired) electrons. The molecule has 1 amide bonds. The number of carbonyl (C=O) groups is 3. The molecule has 0 aliphatic carbocycles. The predicted octanol–water partition coefficient (Wildman–Crippen LogP) is 8.37. The van der Waals surface area contributed by atoms with Crippen LogP contribution in [0.25, 0.3) is 0 Å². The van der Waals surface area contributed by atoms with Gasteiger partial charge in [-0.3, -0.25) is 9.69 Å². The third-order valence-electron chi connectivity index (χ3n) is 12.5. The van der Waals surface area contributed by atoms with E-state index < -0.39 is 83.9 Å². The average Bonchev–Trinajstić information content (AvgIpc) is 3.31. The molecule has 0 saturated carbocycles. The summed E-state index contributed by atoms with van der Waals surface area (Å²) in [6.45, 7) is 14.2. The SMILES string of the molecule is CC[Si](CC)(CC)O[C@@H]1[C@@H](OC(=O)c2ccc(N(C)C(=O)OCc3ccccc3)cc2)[C@H](O[C@@H]2[C@@H](OC(C)=O)[C@@H](OCc3ccccc3)OC[C@@H]2O)OC[C@H]1O[Si](CC)(CC)CC. The number of esters is 2. The molecule has 5 rings (SSSR count). The lowest BCUT2D eigenvalue weighted by atomic mass is 10.0. The minimum absolute atomic E-state index is 0.0621. The van der Waals surface area contributed by atoms with E-state index >= 15 is 0 Å². The van der Waals surface area contributed by atoms with Gasteiger partial charge in [0.25, 0.3) is 0 Å². The Kier molecular flexibility index (Phi) is 18.9. The summed E-state index contributed by atoms with van der Waals surface area (Å²) in [5.41, 5.74) is 2.42. The van der Waals surface area contributed by atoms with E-state index in [0.29, 0.717) is 5.69 Å². The Bertz CT molecular complexity index is 1850. The fourth-order valence-corrected chi connectivity index (χ4v) is 13.8. The highest BCUT2D eigenvalue weighted by Gasteiger charge is 2.53. The molecule has 0 aromatic heterocycles. The normalized spacial score (nSPS) is 24.0. The molecule has 2 aliphatic rings. The van der Waals surface area contributed by atoms with Crippen LogP contribution < -0.4 is 4.90 Å². The molecule has 2 saturated heterocycles. The summed E-state index contributed by atoms with van der Waals surface area (Å²) in [6.07, 6.45) is -9.29. The van der Waals surface area contributed by atoms with E-state index in [4.69, 9.17) is 42.0 Å². The molecule has 16 heteroatoms. The maximum Gasteiger partial charge on any atom is 0.414 e. The van der Waals surface area contributed by atoms with Crippen LogP contribution in [0.1, 0.15) is 70.0 Å². The highest BCUT2D eigenvalue weighted by Crippen LogP contribution is 2.37. The monoisotopic (exact) mass is 909 g/mol. The molecular formula is C47H67NO13Si2. The number of amides is 1. The third kappa shape index (κ3) is 13.1. The summed E-state index contributed by atoms with van der Waals surface area (Å²) in [4.78, 5) is 41.3.